The van der Waals surface area contributed by atoms with Crippen LogP contribution in [0.15, 0.2) is 18.3 Å². The highest BCUT2D eigenvalue weighted by molar-refractivity contribution is 5.94. The van der Waals surface area contributed by atoms with E-state index in [0.29, 0.717) is 23.4 Å². The molecule has 2 heterocycles. The largest absolute Gasteiger partial charge is 0.367 e. The van der Waals surface area contributed by atoms with Crippen molar-refractivity contribution in [2.45, 2.75) is 39.2 Å². The average molecular weight is 316 g/mol. The summed E-state index contributed by atoms with van der Waals surface area (Å²) in [6, 6.07) is 4.33. The number of amides is 1. The third-order valence-electron chi connectivity index (χ3n) is 4.50. The smallest absolute Gasteiger partial charge is 0.252 e. The Morgan fingerprint density at radius 2 is 2.17 bits per heavy atom. The normalized spacial score (nSPS) is 21.6. The zero-order valence-electron chi connectivity index (χ0n) is 14.2. The van der Waals surface area contributed by atoms with Gasteiger partial charge >= 0.3 is 0 Å². The van der Waals surface area contributed by atoms with Gasteiger partial charge in [0.25, 0.3) is 5.91 Å². The Morgan fingerprint density at radius 3 is 2.83 bits per heavy atom. The van der Waals surface area contributed by atoms with Crippen LogP contribution in [-0.4, -0.2) is 48.0 Å². The monoisotopic (exact) mass is 316 g/mol. The van der Waals surface area contributed by atoms with Gasteiger partial charge in [-0.3, -0.25) is 4.79 Å². The van der Waals surface area contributed by atoms with Crippen LogP contribution in [0.2, 0.25) is 0 Å². The molecule has 2 N–H and O–H groups in total. The Labute approximate surface area is 138 Å². The summed E-state index contributed by atoms with van der Waals surface area (Å²) in [6.45, 7) is 8.68. The number of likely N-dealkylation sites (tertiary alicyclic amines) is 1. The number of hydrogen-bond acceptors (Lipinski definition) is 4. The lowest BCUT2D eigenvalue weighted by atomic mass is 10.1. The van der Waals surface area contributed by atoms with E-state index in [2.05, 4.69) is 34.4 Å². The number of carbonyl (C=O) groups is 1. The molecular formula is C18H28N4O. The Balaban J connectivity index is 1.42. The maximum Gasteiger partial charge on any atom is 0.252 e. The SMILES string of the molecule is CC(C)CN1CC[C@@H](CNC(=O)c2ccc(NC3CC3)nc2)C1. The Kier molecular flexibility index (Phi) is 5.16. The van der Waals surface area contributed by atoms with Gasteiger partial charge in [0.15, 0.2) is 0 Å². The van der Waals surface area contributed by atoms with Crippen molar-refractivity contribution in [1.29, 1.82) is 0 Å². The van der Waals surface area contributed by atoms with Gasteiger partial charge in [-0.2, -0.15) is 0 Å². The second-order valence-corrected chi connectivity index (χ2v) is 7.37. The molecule has 1 aromatic heterocycles. The van der Waals surface area contributed by atoms with E-state index in [4.69, 9.17) is 0 Å². The molecule has 23 heavy (non-hydrogen) atoms. The molecule has 126 valence electrons. The van der Waals surface area contributed by atoms with E-state index in [0.717, 1.165) is 32.0 Å². The minimum absolute atomic E-state index is 0.0159. The van der Waals surface area contributed by atoms with Crippen LogP contribution in [0, 0.1) is 11.8 Å². The number of pyridine rings is 1. The number of rotatable bonds is 7. The van der Waals surface area contributed by atoms with Crippen molar-refractivity contribution in [3.63, 3.8) is 0 Å². The van der Waals surface area contributed by atoms with Crippen molar-refractivity contribution in [2.24, 2.45) is 11.8 Å². The van der Waals surface area contributed by atoms with Crippen molar-refractivity contribution >= 4 is 11.7 Å². The third kappa shape index (κ3) is 4.93. The van der Waals surface area contributed by atoms with Gasteiger partial charge in [0.2, 0.25) is 0 Å². The number of carbonyl (C=O) groups excluding carboxylic acids is 1. The van der Waals surface area contributed by atoms with E-state index in [1.165, 1.54) is 19.3 Å². The molecular weight excluding hydrogens is 288 g/mol. The van der Waals surface area contributed by atoms with Crippen LogP contribution >= 0.6 is 0 Å². The van der Waals surface area contributed by atoms with Crippen molar-refractivity contribution in [2.75, 3.05) is 31.5 Å². The van der Waals surface area contributed by atoms with Crippen LogP contribution in [0.5, 0.6) is 0 Å². The van der Waals surface area contributed by atoms with E-state index in [1.54, 1.807) is 6.20 Å². The summed E-state index contributed by atoms with van der Waals surface area (Å²) in [5, 5.41) is 6.39. The summed E-state index contributed by atoms with van der Waals surface area (Å²) in [7, 11) is 0. The number of nitrogens with one attached hydrogen (secondary N) is 2. The summed E-state index contributed by atoms with van der Waals surface area (Å²) in [4.78, 5) is 19.0. The molecule has 1 aliphatic carbocycles. The lowest BCUT2D eigenvalue weighted by molar-refractivity contribution is 0.0947. The molecule has 0 aromatic carbocycles. The highest BCUT2D eigenvalue weighted by Crippen LogP contribution is 2.23. The zero-order valence-corrected chi connectivity index (χ0v) is 14.2. The second kappa shape index (κ2) is 7.30. The fraction of sp³-hybridized carbons (Fsp3) is 0.667. The summed E-state index contributed by atoms with van der Waals surface area (Å²) < 4.78 is 0. The van der Waals surface area contributed by atoms with Gasteiger partial charge < -0.3 is 15.5 Å². The van der Waals surface area contributed by atoms with Gasteiger partial charge in [0.05, 0.1) is 5.56 Å². The van der Waals surface area contributed by atoms with Crippen LogP contribution in [0.4, 0.5) is 5.82 Å². The summed E-state index contributed by atoms with van der Waals surface area (Å²) in [5.74, 6) is 2.13. The molecule has 1 aromatic rings. The summed E-state index contributed by atoms with van der Waals surface area (Å²) >= 11 is 0. The Morgan fingerprint density at radius 1 is 1.35 bits per heavy atom. The van der Waals surface area contributed by atoms with Crippen LogP contribution in [0.1, 0.15) is 43.5 Å². The predicted octanol–water partition coefficient (Wildman–Crippen LogP) is 2.36. The number of nitrogens with zero attached hydrogens (tertiary/aromatic N) is 2. The maximum atomic E-state index is 12.2. The quantitative estimate of drug-likeness (QED) is 0.811. The van der Waals surface area contributed by atoms with Crippen molar-refractivity contribution in [1.82, 2.24) is 15.2 Å². The van der Waals surface area contributed by atoms with E-state index >= 15 is 0 Å². The second-order valence-electron chi connectivity index (χ2n) is 7.37. The molecule has 5 heteroatoms. The molecule has 2 fully saturated rings. The van der Waals surface area contributed by atoms with Gasteiger partial charge in [-0.25, -0.2) is 4.98 Å². The highest BCUT2D eigenvalue weighted by Gasteiger charge is 2.23. The average Bonchev–Trinajstić information content (AvgIpc) is 3.23. The highest BCUT2D eigenvalue weighted by atomic mass is 16.1. The number of hydrogen-bond donors (Lipinski definition) is 2. The molecule has 1 atom stereocenters. The molecule has 1 saturated carbocycles. The zero-order chi connectivity index (χ0) is 16.2. The Hall–Kier alpha value is -1.62. The molecule has 1 saturated heterocycles. The molecule has 5 nitrogen and oxygen atoms in total. The molecule has 1 amide bonds. The third-order valence-corrected chi connectivity index (χ3v) is 4.50. The van der Waals surface area contributed by atoms with Gasteiger partial charge in [-0.1, -0.05) is 13.8 Å². The van der Waals surface area contributed by atoms with Gasteiger partial charge in [0.1, 0.15) is 5.82 Å². The first-order chi connectivity index (χ1) is 11.1. The number of anilines is 1. The first-order valence-corrected chi connectivity index (χ1v) is 8.83. The fourth-order valence-electron chi connectivity index (χ4n) is 3.15. The molecule has 3 rings (SSSR count). The summed E-state index contributed by atoms with van der Waals surface area (Å²) in [6.07, 6.45) is 5.29. The maximum absolute atomic E-state index is 12.2. The van der Waals surface area contributed by atoms with Gasteiger partial charge in [-0.15, -0.1) is 0 Å². The fourth-order valence-corrected chi connectivity index (χ4v) is 3.15. The molecule has 0 unspecified atom stereocenters. The topological polar surface area (TPSA) is 57.3 Å². The van der Waals surface area contributed by atoms with Crippen LogP contribution in [0.25, 0.3) is 0 Å². The predicted molar refractivity (Wildman–Crippen MR) is 92.6 cm³/mol. The van der Waals surface area contributed by atoms with Gasteiger partial charge in [-0.05, 0) is 49.8 Å². The lowest BCUT2D eigenvalue weighted by Crippen LogP contribution is -2.32. The molecule has 0 bridgehead atoms. The van der Waals surface area contributed by atoms with Crippen LogP contribution < -0.4 is 10.6 Å². The first-order valence-electron chi connectivity index (χ1n) is 8.83. The van der Waals surface area contributed by atoms with Crippen LogP contribution in [0.3, 0.4) is 0 Å². The molecule has 0 radical (unpaired) electrons. The van der Waals surface area contributed by atoms with Crippen molar-refractivity contribution in [3.05, 3.63) is 23.9 Å². The Bertz CT molecular complexity index is 524. The van der Waals surface area contributed by atoms with E-state index < -0.39 is 0 Å². The van der Waals surface area contributed by atoms with E-state index in [9.17, 15) is 4.79 Å². The molecule has 2 aliphatic rings. The first kappa shape index (κ1) is 16.2. The van der Waals surface area contributed by atoms with Gasteiger partial charge in [0, 0.05) is 31.9 Å². The lowest BCUT2D eigenvalue weighted by Gasteiger charge is -2.18. The van der Waals surface area contributed by atoms with E-state index in [-0.39, 0.29) is 5.91 Å². The van der Waals surface area contributed by atoms with Crippen molar-refractivity contribution < 1.29 is 4.79 Å². The number of aromatic nitrogens is 1. The van der Waals surface area contributed by atoms with E-state index in [1.807, 2.05) is 12.1 Å². The standard InChI is InChI=1S/C18H28N4O/c1-13(2)11-22-8-7-14(12-22)9-20-18(23)15-3-6-17(19-10-15)21-16-4-5-16/h3,6,10,13-14,16H,4-5,7-9,11-12H2,1-2H3,(H,19,21)(H,20,23)/t14-/m0/s1. The van der Waals surface area contributed by atoms with Crippen LogP contribution in [-0.2, 0) is 0 Å². The minimum Gasteiger partial charge on any atom is -0.367 e. The summed E-state index contributed by atoms with van der Waals surface area (Å²) in [5.41, 5.74) is 0.642. The van der Waals surface area contributed by atoms with Crippen molar-refractivity contribution in [3.8, 4) is 0 Å². The molecule has 1 aliphatic heterocycles. The minimum atomic E-state index is -0.0159. The molecule has 0 spiro atoms.